The molecule has 0 saturated carbocycles. The van der Waals surface area contributed by atoms with Crippen LogP contribution in [0.25, 0.3) is 10.8 Å². The number of nitrogens with zero attached hydrogens (tertiary/aromatic N) is 1. The molecule has 0 aliphatic carbocycles. The van der Waals surface area contributed by atoms with Crippen molar-refractivity contribution in [1.82, 2.24) is 0 Å². The summed E-state index contributed by atoms with van der Waals surface area (Å²) in [4.78, 5) is 13.0. The lowest BCUT2D eigenvalue weighted by atomic mass is 9.77. The second kappa shape index (κ2) is 8.54. The summed E-state index contributed by atoms with van der Waals surface area (Å²) < 4.78 is 0. The van der Waals surface area contributed by atoms with E-state index in [9.17, 15) is 10.1 Å². The van der Waals surface area contributed by atoms with E-state index in [1.54, 1.807) is 0 Å². The van der Waals surface area contributed by atoms with Crippen molar-refractivity contribution in [3.05, 3.63) is 120 Å². The number of rotatable bonds is 6. The minimum absolute atomic E-state index is 0.0555. The number of Topliss-reactive ketones (excluding diaryl/α,β-unsaturated/α-hetero) is 1. The number of fused-ring (bicyclic) bond motifs is 1. The summed E-state index contributed by atoms with van der Waals surface area (Å²) in [5.41, 5.74) is 2.67. The summed E-state index contributed by atoms with van der Waals surface area (Å²) in [6, 6.07) is 35.9. The third kappa shape index (κ3) is 3.95. The second-order valence-electron chi connectivity index (χ2n) is 7.19. The quantitative estimate of drug-likeness (QED) is 0.361. The Labute approximate surface area is 171 Å². The van der Waals surface area contributed by atoms with Gasteiger partial charge in [-0.1, -0.05) is 103 Å². The molecule has 0 N–H and O–H groups in total. The molecule has 2 unspecified atom stereocenters. The number of hydrogen-bond acceptors (Lipinski definition) is 2. The molecule has 0 aromatic heterocycles. The Morgan fingerprint density at radius 1 is 0.759 bits per heavy atom. The fourth-order valence-electron chi connectivity index (χ4n) is 3.97. The molecule has 29 heavy (non-hydrogen) atoms. The van der Waals surface area contributed by atoms with Gasteiger partial charge in [0.05, 0.1) is 12.0 Å². The first-order valence-corrected chi connectivity index (χ1v) is 9.78. The molecule has 4 aromatic rings. The number of hydrogen-bond donors (Lipinski definition) is 0. The topological polar surface area (TPSA) is 40.9 Å². The van der Waals surface area contributed by atoms with Gasteiger partial charge in [0.15, 0.2) is 5.78 Å². The number of carbonyl (C=O) groups excluding carboxylic acids is 1. The zero-order chi connectivity index (χ0) is 20.1. The summed E-state index contributed by atoms with van der Waals surface area (Å²) in [7, 11) is 0. The minimum atomic E-state index is -0.420. The van der Waals surface area contributed by atoms with Gasteiger partial charge in [0.1, 0.15) is 0 Å². The van der Waals surface area contributed by atoms with Gasteiger partial charge in [-0.05, 0) is 21.9 Å². The molecule has 4 aromatic carbocycles. The molecule has 0 spiro atoms. The van der Waals surface area contributed by atoms with Crippen molar-refractivity contribution >= 4 is 16.6 Å². The van der Waals surface area contributed by atoms with Crippen LogP contribution in [0.4, 0.5) is 0 Å². The molecule has 0 aliphatic heterocycles. The third-order valence-electron chi connectivity index (χ3n) is 5.43. The van der Waals surface area contributed by atoms with Crippen molar-refractivity contribution in [3.63, 3.8) is 0 Å². The molecular formula is C27H21NO. The average molecular weight is 375 g/mol. The maximum atomic E-state index is 13.0. The minimum Gasteiger partial charge on any atom is -0.294 e. The van der Waals surface area contributed by atoms with Gasteiger partial charge in [-0.2, -0.15) is 5.26 Å². The number of carbonyl (C=O) groups is 1. The molecule has 0 amide bonds. The number of nitriles is 1. The van der Waals surface area contributed by atoms with Crippen LogP contribution in [0.1, 0.15) is 39.7 Å². The molecule has 0 heterocycles. The predicted octanol–water partition coefficient (Wildman–Crippen LogP) is 6.50. The van der Waals surface area contributed by atoms with E-state index in [1.807, 2.05) is 84.9 Å². The van der Waals surface area contributed by atoms with Gasteiger partial charge in [-0.25, -0.2) is 0 Å². The van der Waals surface area contributed by atoms with Crippen LogP contribution in [0.3, 0.4) is 0 Å². The molecule has 0 bridgehead atoms. The zero-order valence-corrected chi connectivity index (χ0v) is 16.0. The molecule has 140 valence electrons. The number of ketones is 1. The highest BCUT2D eigenvalue weighted by Crippen LogP contribution is 2.39. The Kier molecular flexibility index (Phi) is 5.49. The second-order valence-corrected chi connectivity index (χ2v) is 7.19. The number of benzene rings is 4. The molecule has 0 aliphatic rings. The largest absolute Gasteiger partial charge is 0.294 e. The first-order valence-electron chi connectivity index (χ1n) is 9.78. The van der Waals surface area contributed by atoms with E-state index in [4.69, 9.17) is 0 Å². The Hall–Kier alpha value is -3.70. The first kappa shape index (κ1) is 18.7. The van der Waals surface area contributed by atoms with Gasteiger partial charge in [-0.15, -0.1) is 0 Å². The Bertz CT molecular complexity index is 1150. The predicted molar refractivity (Wildman–Crippen MR) is 117 cm³/mol. The van der Waals surface area contributed by atoms with Crippen molar-refractivity contribution < 1.29 is 4.79 Å². The van der Waals surface area contributed by atoms with Crippen LogP contribution in [0, 0.1) is 11.3 Å². The van der Waals surface area contributed by atoms with Gasteiger partial charge in [-0.3, -0.25) is 4.79 Å². The standard InChI is InChI=1S/C27H21NO/c28-19-26(24-17-9-15-20-12-7-8-16-23(20)24)25(21-10-3-1-4-11-21)18-27(29)22-13-5-2-6-14-22/h1-17,25-26H,18H2. The Morgan fingerprint density at radius 2 is 1.38 bits per heavy atom. The fraction of sp³-hybridized carbons (Fsp3) is 0.111. The summed E-state index contributed by atoms with van der Waals surface area (Å²) in [5.74, 6) is -0.587. The molecule has 4 rings (SSSR count). The van der Waals surface area contributed by atoms with E-state index < -0.39 is 5.92 Å². The van der Waals surface area contributed by atoms with E-state index in [2.05, 4.69) is 24.3 Å². The van der Waals surface area contributed by atoms with Crippen molar-refractivity contribution in [2.24, 2.45) is 0 Å². The molecule has 0 radical (unpaired) electrons. The lowest BCUT2D eigenvalue weighted by molar-refractivity contribution is 0.0972. The molecule has 2 atom stereocenters. The zero-order valence-electron chi connectivity index (χ0n) is 16.0. The van der Waals surface area contributed by atoms with Crippen LogP contribution in [-0.4, -0.2) is 5.78 Å². The van der Waals surface area contributed by atoms with E-state index in [-0.39, 0.29) is 18.1 Å². The highest BCUT2D eigenvalue weighted by molar-refractivity contribution is 5.96. The molecule has 2 heteroatoms. The van der Waals surface area contributed by atoms with Crippen LogP contribution in [0.15, 0.2) is 103 Å². The van der Waals surface area contributed by atoms with Crippen LogP contribution in [-0.2, 0) is 0 Å². The van der Waals surface area contributed by atoms with Gasteiger partial charge in [0.25, 0.3) is 0 Å². The average Bonchev–Trinajstić information content (AvgIpc) is 2.80. The maximum absolute atomic E-state index is 13.0. The lowest BCUT2D eigenvalue weighted by Crippen LogP contribution is -2.15. The van der Waals surface area contributed by atoms with Gasteiger partial charge in [0.2, 0.25) is 0 Å². The van der Waals surface area contributed by atoms with E-state index >= 15 is 0 Å². The Balaban J connectivity index is 1.79. The van der Waals surface area contributed by atoms with Crippen molar-refractivity contribution in [1.29, 1.82) is 5.26 Å². The smallest absolute Gasteiger partial charge is 0.163 e. The fourth-order valence-corrected chi connectivity index (χ4v) is 3.97. The van der Waals surface area contributed by atoms with Gasteiger partial charge in [0, 0.05) is 17.9 Å². The van der Waals surface area contributed by atoms with Gasteiger partial charge >= 0.3 is 0 Å². The summed E-state index contributed by atoms with van der Waals surface area (Å²) in [5, 5.41) is 12.4. The van der Waals surface area contributed by atoms with E-state index in [1.165, 1.54) is 0 Å². The van der Waals surface area contributed by atoms with Crippen molar-refractivity contribution in [2.45, 2.75) is 18.3 Å². The van der Waals surface area contributed by atoms with Crippen LogP contribution in [0.5, 0.6) is 0 Å². The third-order valence-corrected chi connectivity index (χ3v) is 5.43. The van der Waals surface area contributed by atoms with Crippen LogP contribution in [0.2, 0.25) is 0 Å². The SMILES string of the molecule is N#CC(c1cccc2ccccc12)C(CC(=O)c1ccccc1)c1ccccc1. The van der Waals surface area contributed by atoms with E-state index in [0.717, 1.165) is 21.9 Å². The van der Waals surface area contributed by atoms with E-state index in [0.29, 0.717) is 5.56 Å². The normalized spacial score (nSPS) is 12.8. The lowest BCUT2D eigenvalue weighted by Gasteiger charge is -2.24. The van der Waals surface area contributed by atoms with Crippen LogP contribution >= 0.6 is 0 Å². The highest BCUT2D eigenvalue weighted by atomic mass is 16.1. The Morgan fingerprint density at radius 3 is 2.10 bits per heavy atom. The van der Waals surface area contributed by atoms with Crippen LogP contribution < -0.4 is 0 Å². The highest BCUT2D eigenvalue weighted by Gasteiger charge is 2.28. The molecule has 0 fully saturated rings. The monoisotopic (exact) mass is 375 g/mol. The molecule has 2 nitrogen and oxygen atoms in total. The van der Waals surface area contributed by atoms with Crippen molar-refractivity contribution in [3.8, 4) is 6.07 Å². The summed E-state index contributed by atoms with van der Waals surface area (Å²) in [6.45, 7) is 0. The summed E-state index contributed by atoms with van der Waals surface area (Å²) in [6.07, 6.45) is 0.287. The molecular weight excluding hydrogens is 354 g/mol. The van der Waals surface area contributed by atoms with Crippen molar-refractivity contribution in [2.75, 3.05) is 0 Å². The maximum Gasteiger partial charge on any atom is 0.163 e. The van der Waals surface area contributed by atoms with Gasteiger partial charge < -0.3 is 0 Å². The molecule has 0 saturated heterocycles. The first-order chi connectivity index (χ1) is 14.3. The summed E-state index contributed by atoms with van der Waals surface area (Å²) >= 11 is 0.